The van der Waals surface area contributed by atoms with Gasteiger partial charge < -0.3 is 14.8 Å². The molecule has 1 heterocycles. The standard InChI is InChI=1S/C14H18ClNO2/c1-16-14(10-4-3-7-18-9-10)12-8-11(15)5-6-13(12)17-2/h5-6,8-9,14,16H,3-4,7H2,1-2H3. The molecule has 1 aliphatic heterocycles. The van der Waals surface area contributed by atoms with Crippen molar-refractivity contribution in [3.8, 4) is 5.75 Å². The maximum absolute atomic E-state index is 6.08. The van der Waals surface area contributed by atoms with Crippen LogP contribution in [0.5, 0.6) is 5.75 Å². The zero-order chi connectivity index (χ0) is 13.0. The second kappa shape index (κ2) is 6.12. The van der Waals surface area contributed by atoms with Crippen LogP contribution in [0.3, 0.4) is 0 Å². The van der Waals surface area contributed by atoms with Gasteiger partial charge in [0.05, 0.1) is 26.0 Å². The summed E-state index contributed by atoms with van der Waals surface area (Å²) in [7, 11) is 3.60. The van der Waals surface area contributed by atoms with Crippen LogP contribution in [-0.4, -0.2) is 20.8 Å². The second-order valence-electron chi connectivity index (χ2n) is 4.28. The van der Waals surface area contributed by atoms with Crippen LogP contribution in [0.25, 0.3) is 0 Å². The molecule has 3 nitrogen and oxygen atoms in total. The minimum atomic E-state index is 0.0824. The summed E-state index contributed by atoms with van der Waals surface area (Å²) in [4.78, 5) is 0. The monoisotopic (exact) mass is 267 g/mol. The van der Waals surface area contributed by atoms with E-state index in [0.29, 0.717) is 5.02 Å². The lowest BCUT2D eigenvalue weighted by atomic mass is 9.95. The molecule has 98 valence electrons. The van der Waals surface area contributed by atoms with Gasteiger partial charge in [0.1, 0.15) is 5.75 Å². The molecule has 0 spiro atoms. The van der Waals surface area contributed by atoms with E-state index < -0.39 is 0 Å². The fourth-order valence-corrected chi connectivity index (χ4v) is 2.45. The molecule has 0 aromatic heterocycles. The number of nitrogens with one attached hydrogen (secondary N) is 1. The number of benzene rings is 1. The lowest BCUT2D eigenvalue weighted by Crippen LogP contribution is -2.21. The summed E-state index contributed by atoms with van der Waals surface area (Å²) in [5, 5.41) is 4.01. The van der Waals surface area contributed by atoms with E-state index in [0.717, 1.165) is 30.8 Å². The molecule has 1 aliphatic rings. The highest BCUT2D eigenvalue weighted by molar-refractivity contribution is 6.30. The van der Waals surface area contributed by atoms with E-state index in [1.165, 1.54) is 5.57 Å². The smallest absolute Gasteiger partial charge is 0.124 e. The van der Waals surface area contributed by atoms with Gasteiger partial charge in [-0.3, -0.25) is 0 Å². The Labute approximate surface area is 113 Å². The van der Waals surface area contributed by atoms with Crippen molar-refractivity contribution in [1.29, 1.82) is 0 Å². The number of halogens is 1. The maximum atomic E-state index is 6.08. The zero-order valence-electron chi connectivity index (χ0n) is 10.7. The quantitative estimate of drug-likeness (QED) is 0.908. The molecule has 1 N–H and O–H groups in total. The van der Waals surface area contributed by atoms with Gasteiger partial charge in [-0.05, 0) is 43.7 Å². The van der Waals surface area contributed by atoms with Crippen molar-refractivity contribution in [2.45, 2.75) is 18.9 Å². The Kier molecular flexibility index (Phi) is 4.50. The van der Waals surface area contributed by atoms with Crippen LogP contribution in [0.1, 0.15) is 24.4 Å². The van der Waals surface area contributed by atoms with Crippen molar-refractivity contribution in [2.24, 2.45) is 0 Å². The molecule has 0 aliphatic carbocycles. The van der Waals surface area contributed by atoms with Crippen molar-refractivity contribution in [3.05, 3.63) is 40.6 Å². The molecule has 0 fully saturated rings. The normalized spacial score (nSPS) is 16.7. The SMILES string of the molecule is CNC(C1=COCCC1)c1cc(Cl)ccc1OC. The van der Waals surface area contributed by atoms with Crippen molar-refractivity contribution in [3.63, 3.8) is 0 Å². The summed E-state index contributed by atoms with van der Waals surface area (Å²) in [5.41, 5.74) is 2.27. The van der Waals surface area contributed by atoms with E-state index >= 15 is 0 Å². The Morgan fingerprint density at radius 1 is 1.44 bits per heavy atom. The lowest BCUT2D eigenvalue weighted by Gasteiger charge is -2.24. The van der Waals surface area contributed by atoms with Gasteiger partial charge in [-0.15, -0.1) is 0 Å². The number of hydrogen-bond acceptors (Lipinski definition) is 3. The van der Waals surface area contributed by atoms with E-state index in [4.69, 9.17) is 21.1 Å². The third kappa shape index (κ3) is 2.79. The molecular formula is C14H18ClNO2. The minimum Gasteiger partial charge on any atom is -0.501 e. The van der Waals surface area contributed by atoms with Crippen LogP contribution in [0.2, 0.25) is 5.02 Å². The number of rotatable bonds is 4. The van der Waals surface area contributed by atoms with E-state index in [1.807, 2.05) is 31.5 Å². The minimum absolute atomic E-state index is 0.0824. The van der Waals surface area contributed by atoms with Crippen molar-refractivity contribution in [2.75, 3.05) is 20.8 Å². The van der Waals surface area contributed by atoms with Crippen LogP contribution in [0, 0.1) is 0 Å². The summed E-state index contributed by atoms with van der Waals surface area (Å²) < 4.78 is 10.8. The van der Waals surface area contributed by atoms with Crippen molar-refractivity contribution < 1.29 is 9.47 Å². The Balaban J connectivity index is 2.37. The molecule has 0 amide bonds. The van der Waals surface area contributed by atoms with Gasteiger partial charge in [0, 0.05) is 10.6 Å². The Bertz CT molecular complexity index is 445. The summed E-state index contributed by atoms with van der Waals surface area (Å²) in [5.74, 6) is 0.838. The third-order valence-corrected chi connectivity index (χ3v) is 3.36. The molecule has 1 aromatic carbocycles. The molecule has 18 heavy (non-hydrogen) atoms. The van der Waals surface area contributed by atoms with Gasteiger partial charge >= 0.3 is 0 Å². The van der Waals surface area contributed by atoms with Gasteiger partial charge in [-0.25, -0.2) is 0 Å². The zero-order valence-corrected chi connectivity index (χ0v) is 11.5. The number of likely N-dealkylation sites (N-methyl/N-ethyl adjacent to an activating group) is 1. The molecule has 0 radical (unpaired) electrons. The van der Waals surface area contributed by atoms with Crippen molar-refractivity contribution in [1.82, 2.24) is 5.32 Å². The van der Waals surface area contributed by atoms with Crippen LogP contribution in [-0.2, 0) is 4.74 Å². The molecule has 1 unspecified atom stereocenters. The van der Waals surface area contributed by atoms with E-state index in [1.54, 1.807) is 7.11 Å². The molecule has 1 aromatic rings. The van der Waals surface area contributed by atoms with Gasteiger partial charge in [0.15, 0.2) is 0 Å². The molecule has 1 atom stereocenters. The Hall–Kier alpha value is -1.19. The van der Waals surface area contributed by atoms with Crippen LogP contribution in [0.4, 0.5) is 0 Å². The number of methoxy groups -OCH3 is 1. The fourth-order valence-electron chi connectivity index (χ4n) is 2.27. The molecule has 2 rings (SSSR count). The topological polar surface area (TPSA) is 30.5 Å². The third-order valence-electron chi connectivity index (χ3n) is 3.12. The molecule has 0 saturated carbocycles. The summed E-state index contributed by atoms with van der Waals surface area (Å²) in [6.07, 6.45) is 3.93. The molecule has 4 heteroatoms. The first-order valence-corrected chi connectivity index (χ1v) is 6.45. The van der Waals surface area contributed by atoms with Crippen LogP contribution in [0.15, 0.2) is 30.0 Å². The summed E-state index contributed by atoms with van der Waals surface area (Å²) in [6.45, 7) is 0.798. The first-order chi connectivity index (χ1) is 8.76. The van der Waals surface area contributed by atoms with Gasteiger partial charge in [0.2, 0.25) is 0 Å². The van der Waals surface area contributed by atoms with Gasteiger partial charge in [-0.1, -0.05) is 11.6 Å². The van der Waals surface area contributed by atoms with E-state index in [2.05, 4.69) is 5.32 Å². The van der Waals surface area contributed by atoms with Crippen LogP contribution >= 0.6 is 11.6 Å². The highest BCUT2D eigenvalue weighted by Crippen LogP contribution is 2.34. The highest BCUT2D eigenvalue weighted by Gasteiger charge is 2.21. The number of hydrogen-bond donors (Lipinski definition) is 1. The fraction of sp³-hybridized carbons (Fsp3) is 0.429. The van der Waals surface area contributed by atoms with Crippen molar-refractivity contribution >= 4 is 11.6 Å². The second-order valence-corrected chi connectivity index (χ2v) is 4.71. The first-order valence-electron chi connectivity index (χ1n) is 6.07. The molecule has 0 bridgehead atoms. The average molecular weight is 268 g/mol. The summed E-state index contributed by atoms with van der Waals surface area (Å²) >= 11 is 6.08. The highest BCUT2D eigenvalue weighted by atomic mass is 35.5. The van der Waals surface area contributed by atoms with Gasteiger partial charge in [0.25, 0.3) is 0 Å². The van der Waals surface area contributed by atoms with Gasteiger partial charge in [-0.2, -0.15) is 0 Å². The maximum Gasteiger partial charge on any atom is 0.124 e. The largest absolute Gasteiger partial charge is 0.501 e. The Morgan fingerprint density at radius 3 is 2.89 bits per heavy atom. The van der Waals surface area contributed by atoms with E-state index in [-0.39, 0.29) is 6.04 Å². The predicted octanol–water partition coefficient (Wildman–Crippen LogP) is 3.30. The lowest BCUT2D eigenvalue weighted by molar-refractivity contribution is 0.219. The predicted molar refractivity (Wildman–Crippen MR) is 73.1 cm³/mol. The van der Waals surface area contributed by atoms with E-state index in [9.17, 15) is 0 Å². The van der Waals surface area contributed by atoms with Crippen LogP contribution < -0.4 is 10.1 Å². The number of ether oxygens (including phenoxy) is 2. The first kappa shape index (κ1) is 13.2. The average Bonchev–Trinajstić information content (AvgIpc) is 2.41. The molecular weight excluding hydrogens is 250 g/mol. The summed E-state index contributed by atoms with van der Waals surface area (Å²) in [6, 6.07) is 5.75. The molecule has 0 saturated heterocycles. The Morgan fingerprint density at radius 2 is 2.28 bits per heavy atom.